The summed E-state index contributed by atoms with van der Waals surface area (Å²) in [6, 6.07) is 16.9. The predicted octanol–water partition coefficient (Wildman–Crippen LogP) is 3.40. The minimum atomic E-state index is -0.220. The van der Waals surface area contributed by atoms with E-state index in [1.54, 1.807) is 4.90 Å². The molecule has 0 saturated carbocycles. The van der Waals surface area contributed by atoms with Gasteiger partial charge in [0.1, 0.15) is 5.75 Å². The van der Waals surface area contributed by atoms with E-state index in [1.165, 1.54) is 0 Å². The van der Waals surface area contributed by atoms with E-state index in [9.17, 15) is 9.59 Å². The zero-order valence-electron chi connectivity index (χ0n) is 18.6. The highest BCUT2D eigenvalue weighted by molar-refractivity contribution is 5.94. The van der Waals surface area contributed by atoms with Gasteiger partial charge in [0.25, 0.3) is 11.8 Å². The van der Waals surface area contributed by atoms with Gasteiger partial charge in [-0.3, -0.25) is 9.59 Å². The van der Waals surface area contributed by atoms with Crippen LogP contribution in [0.2, 0.25) is 0 Å². The number of hydrogen-bond donors (Lipinski definition) is 0. The molecule has 1 fully saturated rings. The van der Waals surface area contributed by atoms with Crippen molar-refractivity contribution in [3.05, 3.63) is 65.7 Å². The average molecular weight is 425 g/mol. The number of nitrogens with zero attached hydrogens (tertiary/aromatic N) is 2. The maximum Gasteiger partial charge on any atom is 0.260 e. The van der Waals surface area contributed by atoms with Crippen molar-refractivity contribution in [3.8, 4) is 5.75 Å². The van der Waals surface area contributed by atoms with Crippen LogP contribution in [-0.4, -0.2) is 67.1 Å². The second-order valence-electron chi connectivity index (χ2n) is 8.40. The maximum absolute atomic E-state index is 13.1. The summed E-state index contributed by atoms with van der Waals surface area (Å²) >= 11 is 0. The van der Waals surface area contributed by atoms with Gasteiger partial charge in [-0.1, -0.05) is 49.7 Å². The molecule has 3 rings (SSSR count). The molecule has 0 spiro atoms. The lowest BCUT2D eigenvalue weighted by Gasteiger charge is -2.36. The summed E-state index contributed by atoms with van der Waals surface area (Å²) in [6.07, 6.45) is -0.220. The zero-order valence-corrected chi connectivity index (χ0v) is 18.6. The number of benzene rings is 2. The van der Waals surface area contributed by atoms with Crippen molar-refractivity contribution < 1.29 is 19.1 Å². The van der Waals surface area contributed by atoms with Crippen molar-refractivity contribution in [1.29, 1.82) is 0 Å². The van der Waals surface area contributed by atoms with E-state index >= 15 is 0 Å². The highest BCUT2D eigenvalue weighted by Gasteiger charge is 2.28. The molecule has 0 aromatic heterocycles. The number of amides is 2. The van der Waals surface area contributed by atoms with Crippen LogP contribution >= 0.6 is 0 Å². The Balaban J connectivity index is 1.59. The molecule has 6 nitrogen and oxygen atoms in total. The van der Waals surface area contributed by atoms with E-state index < -0.39 is 0 Å². The van der Waals surface area contributed by atoms with Crippen LogP contribution in [0.25, 0.3) is 0 Å². The highest BCUT2D eigenvalue weighted by Crippen LogP contribution is 2.14. The molecule has 0 N–H and O–H groups in total. The smallest absolute Gasteiger partial charge is 0.260 e. The normalized spacial score (nSPS) is 16.3. The van der Waals surface area contributed by atoms with Crippen LogP contribution in [0, 0.1) is 12.8 Å². The number of carbonyl (C=O) groups is 2. The van der Waals surface area contributed by atoms with Gasteiger partial charge in [-0.15, -0.1) is 0 Å². The van der Waals surface area contributed by atoms with Crippen molar-refractivity contribution in [2.45, 2.75) is 26.9 Å². The largest absolute Gasteiger partial charge is 0.484 e. The molecule has 166 valence electrons. The fourth-order valence-electron chi connectivity index (χ4n) is 3.62. The summed E-state index contributed by atoms with van der Waals surface area (Å²) < 4.78 is 11.5. The van der Waals surface area contributed by atoms with Gasteiger partial charge in [-0.05, 0) is 37.1 Å². The van der Waals surface area contributed by atoms with Crippen LogP contribution in [0.5, 0.6) is 5.75 Å². The Hall–Kier alpha value is -2.86. The zero-order chi connectivity index (χ0) is 22.2. The molecule has 1 aliphatic heterocycles. The molecule has 0 unspecified atom stereocenters. The highest BCUT2D eigenvalue weighted by atomic mass is 16.5. The van der Waals surface area contributed by atoms with Gasteiger partial charge < -0.3 is 19.3 Å². The van der Waals surface area contributed by atoms with Crippen molar-refractivity contribution in [3.63, 3.8) is 0 Å². The van der Waals surface area contributed by atoms with Crippen molar-refractivity contribution in [1.82, 2.24) is 9.80 Å². The molecule has 1 saturated heterocycles. The van der Waals surface area contributed by atoms with E-state index in [0.29, 0.717) is 50.0 Å². The topological polar surface area (TPSA) is 59.1 Å². The summed E-state index contributed by atoms with van der Waals surface area (Å²) in [5, 5.41) is 0. The average Bonchev–Trinajstić information content (AvgIpc) is 2.77. The lowest BCUT2D eigenvalue weighted by molar-refractivity contribution is -0.141. The first-order valence-corrected chi connectivity index (χ1v) is 10.9. The van der Waals surface area contributed by atoms with E-state index in [0.717, 1.165) is 5.56 Å². The van der Waals surface area contributed by atoms with Gasteiger partial charge in [-0.2, -0.15) is 0 Å². The van der Waals surface area contributed by atoms with Crippen LogP contribution in [0.3, 0.4) is 0 Å². The quantitative estimate of drug-likeness (QED) is 0.652. The number of morpholine rings is 1. The molecular weight excluding hydrogens is 392 g/mol. The number of hydrogen-bond acceptors (Lipinski definition) is 4. The molecule has 1 aliphatic rings. The van der Waals surface area contributed by atoms with Crippen LogP contribution in [0.15, 0.2) is 54.6 Å². The van der Waals surface area contributed by atoms with Crippen molar-refractivity contribution >= 4 is 11.8 Å². The minimum Gasteiger partial charge on any atom is -0.484 e. The van der Waals surface area contributed by atoms with Gasteiger partial charge in [0, 0.05) is 31.7 Å². The third-order valence-corrected chi connectivity index (χ3v) is 5.19. The van der Waals surface area contributed by atoms with Crippen LogP contribution in [0.4, 0.5) is 0 Å². The number of para-hydroxylation sites is 1. The lowest BCUT2D eigenvalue weighted by Crippen LogP contribution is -2.52. The summed E-state index contributed by atoms with van der Waals surface area (Å²) in [5.41, 5.74) is 1.79. The maximum atomic E-state index is 13.1. The van der Waals surface area contributed by atoms with Crippen LogP contribution < -0.4 is 4.74 Å². The van der Waals surface area contributed by atoms with E-state index in [1.807, 2.05) is 66.4 Å². The SMILES string of the molecule is Cc1ccc(C(=O)N(CC(C)C)C[C@H]2CN(C(=O)COc3ccccc3)CCO2)cc1. The minimum absolute atomic E-state index is 0.00522. The number of aryl methyl sites for hydroxylation is 1. The Morgan fingerprint density at radius 1 is 1.13 bits per heavy atom. The Bertz CT molecular complexity index is 852. The van der Waals surface area contributed by atoms with Gasteiger partial charge in [0.15, 0.2) is 6.61 Å². The third-order valence-electron chi connectivity index (χ3n) is 5.19. The van der Waals surface area contributed by atoms with E-state index in [2.05, 4.69) is 13.8 Å². The molecule has 2 amide bonds. The predicted molar refractivity (Wildman–Crippen MR) is 120 cm³/mol. The summed E-state index contributed by atoms with van der Waals surface area (Å²) in [7, 11) is 0. The fourth-order valence-corrected chi connectivity index (χ4v) is 3.62. The van der Waals surface area contributed by atoms with Gasteiger partial charge in [0.2, 0.25) is 0 Å². The molecule has 31 heavy (non-hydrogen) atoms. The van der Waals surface area contributed by atoms with Crippen LogP contribution in [0.1, 0.15) is 29.8 Å². The van der Waals surface area contributed by atoms with Gasteiger partial charge >= 0.3 is 0 Å². The third kappa shape index (κ3) is 6.82. The van der Waals surface area contributed by atoms with Crippen molar-refractivity contribution in [2.75, 3.05) is 39.4 Å². The van der Waals surface area contributed by atoms with E-state index in [-0.39, 0.29) is 24.5 Å². The molecule has 0 radical (unpaired) electrons. The first kappa shape index (κ1) is 22.8. The monoisotopic (exact) mass is 424 g/mol. The molecule has 6 heteroatoms. The Morgan fingerprint density at radius 2 is 1.84 bits per heavy atom. The lowest BCUT2D eigenvalue weighted by atomic mass is 10.1. The second-order valence-corrected chi connectivity index (χ2v) is 8.40. The molecule has 0 bridgehead atoms. The van der Waals surface area contributed by atoms with Crippen LogP contribution in [-0.2, 0) is 9.53 Å². The first-order valence-electron chi connectivity index (χ1n) is 10.9. The number of rotatable bonds is 8. The second kappa shape index (κ2) is 11.0. The number of carbonyl (C=O) groups excluding carboxylic acids is 2. The molecule has 1 heterocycles. The molecule has 2 aromatic carbocycles. The Morgan fingerprint density at radius 3 is 2.52 bits per heavy atom. The Labute approximate surface area is 184 Å². The molecule has 2 aromatic rings. The first-order chi connectivity index (χ1) is 14.9. The summed E-state index contributed by atoms with van der Waals surface area (Å²) in [5.74, 6) is 0.924. The van der Waals surface area contributed by atoms with Crippen molar-refractivity contribution in [2.24, 2.45) is 5.92 Å². The molecule has 1 atom stereocenters. The summed E-state index contributed by atoms with van der Waals surface area (Å²) in [4.78, 5) is 29.3. The van der Waals surface area contributed by atoms with Gasteiger partial charge in [-0.25, -0.2) is 0 Å². The standard InChI is InChI=1S/C25H32N2O4/c1-19(2)15-27(25(29)21-11-9-20(3)10-12-21)17-23-16-26(13-14-30-23)24(28)18-31-22-7-5-4-6-8-22/h4-12,19,23H,13-18H2,1-3H3/t23-/m1/s1. The molecule has 0 aliphatic carbocycles. The molecular formula is C25H32N2O4. The van der Waals surface area contributed by atoms with E-state index in [4.69, 9.17) is 9.47 Å². The van der Waals surface area contributed by atoms with Gasteiger partial charge in [0.05, 0.1) is 12.7 Å². The fraction of sp³-hybridized carbons (Fsp3) is 0.440. The number of ether oxygens (including phenoxy) is 2. The Kier molecular flexibility index (Phi) is 8.06. The summed E-state index contributed by atoms with van der Waals surface area (Å²) in [6.45, 7) is 8.71.